The second-order valence-electron chi connectivity index (χ2n) is 6.12. The lowest BCUT2D eigenvalue weighted by Crippen LogP contribution is -2.35. The molecular weight excluding hydrogens is 316 g/mol. The Morgan fingerprint density at radius 3 is 2.88 bits per heavy atom. The van der Waals surface area contributed by atoms with Crippen molar-refractivity contribution in [2.45, 2.75) is 18.9 Å². The van der Waals surface area contributed by atoms with E-state index in [2.05, 4.69) is 15.3 Å². The number of methoxy groups -OCH3 is 1. The van der Waals surface area contributed by atoms with Crippen molar-refractivity contribution >= 4 is 22.8 Å². The van der Waals surface area contributed by atoms with Crippen LogP contribution < -0.4 is 10.1 Å². The van der Waals surface area contributed by atoms with E-state index in [1.807, 2.05) is 53.4 Å². The van der Waals surface area contributed by atoms with Gasteiger partial charge in [0.25, 0.3) is 0 Å². The highest BCUT2D eigenvalue weighted by Gasteiger charge is 2.32. The third-order valence-corrected chi connectivity index (χ3v) is 4.59. The lowest BCUT2D eigenvalue weighted by atomic mass is 10.2. The molecule has 2 heterocycles. The Balaban J connectivity index is 1.57. The summed E-state index contributed by atoms with van der Waals surface area (Å²) in [6.07, 6.45) is 1.86. The normalized spacial score (nSPS) is 17.0. The number of benzene rings is 2. The molecule has 1 atom stereocenters. The quantitative estimate of drug-likeness (QED) is 0.761. The van der Waals surface area contributed by atoms with E-state index >= 15 is 0 Å². The summed E-state index contributed by atoms with van der Waals surface area (Å²) in [6, 6.07) is 15.2. The van der Waals surface area contributed by atoms with E-state index in [0.29, 0.717) is 18.0 Å². The number of aromatic amines is 1. The molecule has 1 unspecified atom stereocenters. The first kappa shape index (κ1) is 15.5. The summed E-state index contributed by atoms with van der Waals surface area (Å²) in [5.74, 6) is 1.49. The third-order valence-electron chi connectivity index (χ3n) is 4.59. The van der Waals surface area contributed by atoms with Crippen molar-refractivity contribution in [1.29, 1.82) is 0 Å². The number of ether oxygens (including phenoxy) is 1. The summed E-state index contributed by atoms with van der Waals surface area (Å²) in [6.45, 7) is 0.711. The number of hydrogen-bond donors (Lipinski definition) is 2. The molecule has 1 aromatic heterocycles. The van der Waals surface area contributed by atoms with Gasteiger partial charge in [0.15, 0.2) is 0 Å². The molecule has 1 aliphatic rings. The molecule has 0 bridgehead atoms. The zero-order chi connectivity index (χ0) is 17.2. The maximum absolute atomic E-state index is 12.8. The largest absolute Gasteiger partial charge is 0.495 e. The highest BCUT2D eigenvalue weighted by molar-refractivity contribution is 5.91. The molecule has 0 saturated carbocycles. The van der Waals surface area contributed by atoms with Gasteiger partial charge in [-0.3, -0.25) is 0 Å². The molecule has 128 valence electrons. The van der Waals surface area contributed by atoms with Crippen LogP contribution in [0.25, 0.3) is 11.0 Å². The van der Waals surface area contributed by atoms with Gasteiger partial charge in [-0.1, -0.05) is 24.3 Å². The van der Waals surface area contributed by atoms with E-state index in [0.717, 1.165) is 29.7 Å². The zero-order valence-electron chi connectivity index (χ0n) is 14.0. The van der Waals surface area contributed by atoms with Crippen LogP contribution in [-0.2, 0) is 0 Å². The number of carbonyl (C=O) groups excluding carboxylic acids is 1. The van der Waals surface area contributed by atoms with Crippen LogP contribution in [0.4, 0.5) is 10.5 Å². The van der Waals surface area contributed by atoms with E-state index in [9.17, 15) is 4.79 Å². The molecule has 0 radical (unpaired) electrons. The van der Waals surface area contributed by atoms with Gasteiger partial charge >= 0.3 is 6.03 Å². The number of nitrogens with one attached hydrogen (secondary N) is 2. The van der Waals surface area contributed by atoms with Crippen LogP contribution in [0, 0.1) is 0 Å². The number of hydrogen-bond acceptors (Lipinski definition) is 3. The van der Waals surface area contributed by atoms with Crippen molar-refractivity contribution in [2.75, 3.05) is 19.0 Å². The van der Waals surface area contributed by atoms with Gasteiger partial charge in [-0.2, -0.15) is 0 Å². The number of anilines is 1. The van der Waals surface area contributed by atoms with Crippen molar-refractivity contribution in [1.82, 2.24) is 14.9 Å². The van der Waals surface area contributed by atoms with Crippen molar-refractivity contribution in [3.63, 3.8) is 0 Å². The van der Waals surface area contributed by atoms with Crippen LogP contribution in [-0.4, -0.2) is 34.6 Å². The summed E-state index contributed by atoms with van der Waals surface area (Å²) < 4.78 is 5.31. The van der Waals surface area contributed by atoms with Crippen molar-refractivity contribution in [3.8, 4) is 5.75 Å². The van der Waals surface area contributed by atoms with E-state index in [4.69, 9.17) is 4.74 Å². The van der Waals surface area contributed by atoms with Crippen LogP contribution in [0.5, 0.6) is 5.75 Å². The number of carbonyl (C=O) groups is 1. The Bertz CT molecular complexity index is 872. The van der Waals surface area contributed by atoms with Gasteiger partial charge < -0.3 is 19.9 Å². The molecule has 2 amide bonds. The van der Waals surface area contributed by atoms with Gasteiger partial charge in [0.1, 0.15) is 11.6 Å². The first-order valence-corrected chi connectivity index (χ1v) is 8.41. The molecule has 6 heteroatoms. The number of amides is 2. The molecule has 2 N–H and O–H groups in total. The van der Waals surface area contributed by atoms with Crippen molar-refractivity contribution in [3.05, 3.63) is 54.4 Å². The molecule has 6 nitrogen and oxygen atoms in total. The molecule has 1 aliphatic heterocycles. The minimum Gasteiger partial charge on any atom is -0.495 e. The number of imidazole rings is 1. The minimum atomic E-state index is -0.132. The summed E-state index contributed by atoms with van der Waals surface area (Å²) >= 11 is 0. The number of fused-ring (bicyclic) bond motifs is 1. The minimum absolute atomic E-state index is 0.0397. The number of para-hydroxylation sites is 4. The van der Waals surface area contributed by atoms with Crippen molar-refractivity contribution < 1.29 is 9.53 Å². The number of likely N-dealkylation sites (tertiary alicyclic amines) is 1. The molecule has 3 aromatic rings. The highest BCUT2D eigenvalue weighted by atomic mass is 16.5. The van der Waals surface area contributed by atoms with Crippen molar-refractivity contribution in [2.24, 2.45) is 0 Å². The van der Waals surface area contributed by atoms with E-state index in [-0.39, 0.29) is 12.1 Å². The molecule has 4 rings (SSSR count). The smallest absolute Gasteiger partial charge is 0.322 e. The molecular formula is C19H20N4O2. The summed E-state index contributed by atoms with van der Waals surface area (Å²) in [5.41, 5.74) is 2.59. The second-order valence-corrected chi connectivity index (χ2v) is 6.12. The lowest BCUT2D eigenvalue weighted by molar-refractivity contribution is 0.205. The van der Waals surface area contributed by atoms with Crippen LogP contribution >= 0.6 is 0 Å². The Hall–Kier alpha value is -3.02. The summed E-state index contributed by atoms with van der Waals surface area (Å²) in [4.78, 5) is 22.7. The Labute approximate surface area is 145 Å². The average molecular weight is 336 g/mol. The van der Waals surface area contributed by atoms with Gasteiger partial charge in [0, 0.05) is 6.54 Å². The number of H-pyrrole nitrogens is 1. The number of urea groups is 1. The summed E-state index contributed by atoms with van der Waals surface area (Å²) in [7, 11) is 1.60. The molecule has 25 heavy (non-hydrogen) atoms. The molecule has 2 aromatic carbocycles. The first-order chi connectivity index (χ1) is 12.3. The number of aromatic nitrogens is 2. The molecule has 1 saturated heterocycles. The van der Waals surface area contributed by atoms with Crippen LogP contribution in [0.15, 0.2) is 48.5 Å². The molecule has 1 fully saturated rings. The lowest BCUT2D eigenvalue weighted by Gasteiger charge is -2.24. The topological polar surface area (TPSA) is 70.2 Å². The highest BCUT2D eigenvalue weighted by Crippen LogP contribution is 2.32. The van der Waals surface area contributed by atoms with Crippen LogP contribution in [0.2, 0.25) is 0 Å². The van der Waals surface area contributed by atoms with Crippen LogP contribution in [0.1, 0.15) is 24.7 Å². The van der Waals surface area contributed by atoms with E-state index in [1.54, 1.807) is 7.11 Å². The fourth-order valence-corrected chi connectivity index (χ4v) is 3.36. The average Bonchev–Trinajstić information content (AvgIpc) is 3.28. The van der Waals surface area contributed by atoms with Gasteiger partial charge in [-0.15, -0.1) is 0 Å². The Morgan fingerprint density at radius 2 is 2.04 bits per heavy atom. The standard InChI is InChI=1S/C19H20N4O2/c1-25-17-11-5-4-9-15(17)22-19(24)23-12-6-10-16(23)18-20-13-7-2-3-8-14(13)21-18/h2-5,7-9,11,16H,6,10,12H2,1H3,(H,20,21)(H,22,24). The monoisotopic (exact) mass is 336 g/mol. The third kappa shape index (κ3) is 2.91. The predicted octanol–water partition coefficient (Wildman–Crippen LogP) is 3.94. The van der Waals surface area contributed by atoms with Gasteiger partial charge in [0.05, 0.1) is 29.9 Å². The van der Waals surface area contributed by atoms with Gasteiger partial charge in [-0.25, -0.2) is 9.78 Å². The van der Waals surface area contributed by atoms with E-state index < -0.39 is 0 Å². The van der Waals surface area contributed by atoms with E-state index in [1.165, 1.54) is 0 Å². The SMILES string of the molecule is COc1ccccc1NC(=O)N1CCCC1c1nc2ccccc2[nH]1. The fourth-order valence-electron chi connectivity index (χ4n) is 3.36. The number of rotatable bonds is 3. The maximum atomic E-state index is 12.8. The zero-order valence-corrected chi connectivity index (χ0v) is 14.0. The Kier molecular flexibility index (Phi) is 4.01. The van der Waals surface area contributed by atoms with Crippen LogP contribution in [0.3, 0.4) is 0 Å². The maximum Gasteiger partial charge on any atom is 0.322 e. The van der Waals surface area contributed by atoms with Gasteiger partial charge in [-0.05, 0) is 37.1 Å². The summed E-state index contributed by atoms with van der Waals surface area (Å²) in [5, 5.41) is 2.96. The predicted molar refractivity (Wildman–Crippen MR) is 96.8 cm³/mol. The molecule has 0 aliphatic carbocycles. The first-order valence-electron chi connectivity index (χ1n) is 8.41. The van der Waals surface area contributed by atoms with Gasteiger partial charge in [0.2, 0.25) is 0 Å². The fraction of sp³-hybridized carbons (Fsp3) is 0.263. The molecule has 0 spiro atoms. The Morgan fingerprint density at radius 1 is 1.24 bits per heavy atom. The second kappa shape index (κ2) is 6.47. The number of nitrogens with zero attached hydrogens (tertiary/aromatic N) is 2.